The molecule has 0 aliphatic carbocycles. The molecule has 0 fully saturated rings. The summed E-state index contributed by atoms with van der Waals surface area (Å²) in [5, 5.41) is 0. The van der Waals surface area contributed by atoms with Crippen molar-refractivity contribution in [2.75, 3.05) is 20.3 Å². The van der Waals surface area contributed by atoms with Gasteiger partial charge in [-0.1, -0.05) is 12.1 Å². The third kappa shape index (κ3) is 4.50. The Bertz CT molecular complexity index is 1340. The molecule has 6 nitrogen and oxygen atoms in total. The minimum Gasteiger partial charge on any atom is -0.493 e. The van der Waals surface area contributed by atoms with E-state index in [2.05, 4.69) is 4.57 Å². The Hall–Kier alpha value is -3.32. The van der Waals surface area contributed by atoms with E-state index >= 15 is 0 Å². The summed E-state index contributed by atoms with van der Waals surface area (Å²) < 4.78 is 34.0. The van der Waals surface area contributed by atoms with Gasteiger partial charge >= 0.3 is 0 Å². The van der Waals surface area contributed by atoms with Crippen LogP contribution in [0.2, 0.25) is 0 Å². The molecule has 0 saturated heterocycles. The number of nitrogens with zero attached hydrogens (tertiary/aromatic N) is 2. The van der Waals surface area contributed by atoms with E-state index in [-0.39, 0.29) is 23.4 Å². The van der Waals surface area contributed by atoms with E-state index < -0.39 is 0 Å². The van der Waals surface area contributed by atoms with E-state index in [1.165, 1.54) is 12.1 Å². The number of ether oxygens (including phenoxy) is 3. The molecule has 5 rings (SSSR count). The number of aromatic nitrogens is 1. The zero-order valence-electron chi connectivity index (χ0n) is 22.5. The van der Waals surface area contributed by atoms with Gasteiger partial charge in [0.2, 0.25) is 0 Å². The molecule has 0 radical (unpaired) electrons. The quantitative estimate of drug-likeness (QED) is 0.430. The summed E-state index contributed by atoms with van der Waals surface area (Å²) in [6.45, 7) is 12.0. The largest absolute Gasteiger partial charge is 0.493 e. The lowest BCUT2D eigenvalue weighted by molar-refractivity contribution is 0.0336. The number of carbonyl (C=O) groups is 1. The van der Waals surface area contributed by atoms with Gasteiger partial charge in [-0.2, -0.15) is 0 Å². The summed E-state index contributed by atoms with van der Waals surface area (Å²) >= 11 is 0. The number of fused-ring (bicyclic) bond motifs is 5. The van der Waals surface area contributed by atoms with Crippen LogP contribution < -0.4 is 9.47 Å². The maximum atomic E-state index is 14.2. The summed E-state index contributed by atoms with van der Waals surface area (Å²) in [7, 11) is 1.65. The minimum atomic E-state index is -0.367. The first-order valence-corrected chi connectivity index (χ1v) is 12.9. The molecule has 3 heterocycles. The average Bonchev–Trinajstić information content (AvgIpc) is 3.15. The number of hydrogen-bond donors (Lipinski definition) is 0. The highest BCUT2D eigenvalue weighted by Crippen LogP contribution is 2.47. The van der Waals surface area contributed by atoms with Crippen molar-refractivity contribution in [2.45, 2.75) is 65.8 Å². The third-order valence-corrected chi connectivity index (χ3v) is 7.07. The van der Waals surface area contributed by atoms with Crippen LogP contribution in [0.25, 0.3) is 22.4 Å². The van der Waals surface area contributed by atoms with E-state index in [1.807, 2.05) is 51.7 Å². The van der Waals surface area contributed by atoms with Gasteiger partial charge in [0, 0.05) is 35.3 Å². The number of methoxy groups -OCH3 is 1. The molecule has 0 saturated carbocycles. The van der Waals surface area contributed by atoms with Crippen molar-refractivity contribution in [1.29, 1.82) is 0 Å². The molecule has 196 valence electrons. The van der Waals surface area contributed by atoms with E-state index in [0.717, 1.165) is 39.9 Å². The van der Waals surface area contributed by atoms with Gasteiger partial charge in [0.15, 0.2) is 11.5 Å². The van der Waals surface area contributed by atoms with Crippen molar-refractivity contribution < 1.29 is 23.4 Å². The maximum Gasteiger partial charge on any atom is 0.271 e. The molecule has 3 aromatic rings. The van der Waals surface area contributed by atoms with Crippen LogP contribution in [0.4, 0.5) is 4.39 Å². The van der Waals surface area contributed by atoms with Crippen LogP contribution in [0, 0.1) is 5.82 Å². The lowest BCUT2D eigenvalue weighted by atomic mass is 9.91. The molecule has 2 aliphatic rings. The van der Waals surface area contributed by atoms with E-state index in [4.69, 9.17) is 14.2 Å². The van der Waals surface area contributed by atoms with Crippen molar-refractivity contribution in [3.05, 3.63) is 59.0 Å². The highest BCUT2D eigenvalue weighted by molar-refractivity contribution is 6.01. The van der Waals surface area contributed by atoms with Crippen LogP contribution in [-0.2, 0) is 24.3 Å². The first-order chi connectivity index (χ1) is 17.6. The van der Waals surface area contributed by atoms with Gasteiger partial charge in [-0.3, -0.25) is 4.79 Å². The number of carbonyl (C=O) groups excluding carboxylic acids is 1. The van der Waals surface area contributed by atoms with Crippen LogP contribution >= 0.6 is 0 Å². The van der Waals surface area contributed by atoms with Crippen LogP contribution in [0.15, 0.2) is 36.4 Å². The van der Waals surface area contributed by atoms with Gasteiger partial charge in [0.05, 0.1) is 32.1 Å². The highest BCUT2D eigenvalue weighted by Gasteiger charge is 2.37. The number of hydrogen-bond acceptors (Lipinski definition) is 4. The first-order valence-electron chi connectivity index (χ1n) is 12.9. The van der Waals surface area contributed by atoms with E-state index in [0.29, 0.717) is 43.5 Å². The third-order valence-electron chi connectivity index (χ3n) is 7.07. The molecule has 0 N–H and O–H groups in total. The van der Waals surface area contributed by atoms with Crippen molar-refractivity contribution in [3.8, 4) is 33.9 Å². The number of aryl methyl sites for hydroxylation is 1. The second kappa shape index (κ2) is 9.53. The molecule has 2 aliphatic heterocycles. The fourth-order valence-electron chi connectivity index (χ4n) is 5.45. The fraction of sp³-hybridized carbons (Fsp3) is 0.433. The van der Waals surface area contributed by atoms with Gasteiger partial charge in [-0.25, -0.2) is 4.39 Å². The predicted molar refractivity (Wildman–Crippen MR) is 142 cm³/mol. The summed E-state index contributed by atoms with van der Waals surface area (Å²) in [5.41, 5.74) is 5.92. The van der Waals surface area contributed by atoms with Crippen molar-refractivity contribution in [3.63, 3.8) is 0 Å². The normalized spacial score (nSPS) is 15.6. The Kier molecular flexibility index (Phi) is 6.52. The van der Waals surface area contributed by atoms with Crippen molar-refractivity contribution in [1.82, 2.24) is 9.47 Å². The Morgan fingerprint density at radius 3 is 2.41 bits per heavy atom. The number of halogens is 1. The van der Waals surface area contributed by atoms with Crippen molar-refractivity contribution in [2.24, 2.45) is 0 Å². The highest BCUT2D eigenvalue weighted by atomic mass is 19.1. The molecular weight excluding hydrogens is 471 g/mol. The topological polar surface area (TPSA) is 52.9 Å². The molecule has 1 amide bonds. The van der Waals surface area contributed by atoms with Crippen molar-refractivity contribution >= 4 is 5.91 Å². The molecule has 2 aromatic carbocycles. The lowest BCUT2D eigenvalue weighted by Crippen LogP contribution is -2.49. The number of rotatable bonds is 4. The number of benzene rings is 2. The van der Waals surface area contributed by atoms with Gasteiger partial charge in [-0.05, 0) is 76.4 Å². The molecule has 0 unspecified atom stereocenters. The van der Waals surface area contributed by atoms with Gasteiger partial charge in [0.25, 0.3) is 5.91 Å². The Balaban J connectivity index is 1.82. The molecular formula is C30H35FN2O4. The van der Waals surface area contributed by atoms with E-state index in [9.17, 15) is 9.18 Å². The molecule has 37 heavy (non-hydrogen) atoms. The first kappa shape index (κ1) is 25.3. The zero-order chi connectivity index (χ0) is 26.5. The minimum absolute atomic E-state index is 0.00368. The molecule has 0 atom stereocenters. The fourth-order valence-corrected chi connectivity index (χ4v) is 5.45. The molecule has 1 aromatic heterocycles. The lowest BCUT2D eigenvalue weighted by Gasteiger charge is -2.37. The monoisotopic (exact) mass is 506 g/mol. The second-order valence-electron chi connectivity index (χ2n) is 11.0. The predicted octanol–water partition coefficient (Wildman–Crippen LogP) is 6.08. The zero-order valence-corrected chi connectivity index (χ0v) is 22.5. The SMILES string of the molecule is COc1cc2c(cc1OC(C)C)-c1c(-c3ccc(F)cc3)c3c(n1CC2)C(=O)N(C(C)(C)C)CCOC3. The standard InChI is InChI=1S/C30H35FN2O4/c1-18(2)37-25-16-22-20(15-24(25)35-6)11-12-32-27(22)26(19-7-9-21(31)10-8-19)23-17-36-14-13-33(30(3,4)5)29(34)28(23)32/h7-10,15-16,18H,11-14,17H2,1-6H3. The number of amides is 1. The van der Waals surface area contributed by atoms with Crippen LogP contribution in [-0.4, -0.2) is 47.3 Å². The summed E-state index contributed by atoms with van der Waals surface area (Å²) in [6, 6.07) is 10.5. The average molecular weight is 507 g/mol. The molecule has 0 spiro atoms. The van der Waals surface area contributed by atoms with Crippen LogP contribution in [0.5, 0.6) is 11.5 Å². The Morgan fingerprint density at radius 1 is 1.03 bits per heavy atom. The maximum absolute atomic E-state index is 14.2. The van der Waals surface area contributed by atoms with Gasteiger partial charge < -0.3 is 23.7 Å². The Labute approximate surface area is 217 Å². The summed E-state index contributed by atoms with van der Waals surface area (Å²) in [4.78, 5) is 16.1. The summed E-state index contributed by atoms with van der Waals surface area (Å²) in [5.74, 6) is 1.04. The Morgan fingerprint density at radius 2 is 1.76 bits per heavy atom. The van der Waals surface area contributed by atoms with Gasteiger partial charge in [0.1, 0.15) is 11.5 Å². The summed E-state index contributed by atoms with van der Waals surface area (Å²) in [6.07, 6.45) is 0.711. The van der Waals surface area contributed by atoms with Crippen LogP contribution in [0.1, 0.15) is 56.2 Å². The smallest absolute Gasteiger partial charge is 0.271 e. The van der Waals surface area contributed by atoms with Gasteiger partial charge in [-0.15, -0.1) is 0 Å². The van der Waals surface area contributed by atoms with Crippen LogP contribution in [0.3, 0.4) is 0 Å². The van der Waals surface area contributed by atoms with E-state index in [1.54, 1.807) is 19.2 Å². The molecule has 0 bridgehead atoms. The molecule has 7 heteroatoms. The second-order valence-corrected chi connectivity index (χ2v) is 11.0.